The predicted molar refractivity (Wildman–Crippen MR) is 86.2 cm³/mol. The summed E-state index contributed by atoms with van der Waals surface area (Å²) in [6.07, 6.45) is 6.87. The van der Waals surface area contributed by atoms with Crippen molar-refractivity contribution < 1.29 is 4.79 Å². The third kappa shape index (κ3) is 5.46. The van der Waals surface area contributed by atoms with Gasteiger partial charge in [-0.2, -0.15) is 0 Å². The largest absolute Gasteiger partial charge is 0.304 e. The second-order valence-electron chi connectivity index (χ2n) is 5.46. The Kier molecular flexibility index (Phi) is 8.20. The van der Waals surface area contributed by atoms with Crippen LogP contribution in [0.2, 0.25) is 0 Å². The molecule has 2 atom stereocenters. The molecule has 0 aliphatic rings. The van der Waals surface area contributed by atoms with Crippen LogP contribution in [-0.2, 0) is 0 Å². The lowest BCUT2D eigenvalue weighted by Gasteiger charge is -2.23. The van der Waals surface area contributed by atoms with Crippen LogP contribution in [0.3, 0.4) is 0 Å². The van der Waals surface area contributed by atoms with E-state index in [-0.39, 0.29) is 11.8 Å². The van der Waals surface area contributed by atoms with Gasteiger partial charge in [0, 0.05) is 11.6 Å². The van der Waals surface area contributed by atoms with Gasteiger partial charge in [0.15, 0.2) is 5.78 Å². The number of carbonyl (C=O) groups excluding carboxylic acids is 1. The molecule has 0 spiro atoms. The number of Topliss-reactive ketones (excluding diaryl/α,β-unsaturated/α-hetero) is 1. The highest BCUT2D eigenvalue weighted by molar-refractivity contribution is 6.00. The van der Waals surface area contributed by atoms with Gasteiger partial charge in [0.25, 0.3) is 0 Å². The van der Waals surface area contributed by atoms with E-state index in [4.69, 9.17) is 0 Å². The van der Waals surface area contributed by atoms with Crippen LogP contribution in [0.25, 0.3) is 0 Å². The Morgan fingerprint density at radius 3 is 2.30 bits per heavy atom. The standard InChI is InChI=1S/C18H29NO/c1-4-7-9-14-16(5-2)19-17(6-3)18(20)15-12-10-8-11-13-15/h8,10-13,16-17,19H,4-7,9,14H2,1-3H3. The van der Waals surface area contributed by atoms with Crippen molar-refractivity contribution in [1.29, 1.82) is 0 Å². The van der Waals surface area contributed by atoms with E-state index in [0.717, 1.165) is 18.4 Å². The Bertz CT molecular complexity index is 374. The second kappa shape index (κ2) is 9.71. The Balaban J connectivity index is 2.58. The summed E-state index contributed by atoms with van der Waals surface area (Å²) < 4.78 is 0. The number of unbranched alkanes of at least 4 members (excludes halogenated alkanes) is 2. The molecule has 0 amide bonds. The van der Waals surface area contributed by atoms with Crippen LogP contribution >= 0.6 is 0 Å². The minimum absolute atomic E-state index is 0.0519. The van der Waals surface area contributed by atoms with Gasteiger partial charge >= 0.3 is 0 Å². The molecule has 0 fully saturated rings. The third-order valence-electron chi connectivity index (χ3n) is 3.87. The number of carbonyl (C=O) groups is 1. The number of benzene rings is 1. The molecular weight excluding hydrogens is 246 g/mol. The minimum atomic E-state index is -0.0519. The normalized spacial score (nSPS) is 13.9. The van der Waals surface area contributed by atoms with Crippen molar-refractivity contribution in [2.75, 3.05) is 0 Å². The monoisotopic (exact) mass is 275 g/mol. The van der Waals surface area contributed by atoms with Gasteiger partial charge in [0.2, 0.25) is 0 Å². The lowest BCUT2D eigenvalue weighted by Crippen LogP contribution is -2.42. The average Bonchev–Trinajstić information content (AvgIpc) is 2.51. The quantitative estimate of drug-likeness (QED) is 0.499. The van der Waals surface area contributed by atoms with Crippen molar-refractivity contribution >= 4 is 5.78 Å². The van der Waals surface area contributed by atoms with Gasteiger partial charge in [-0.05, 0) is 19.3 Å². The van der Waals surface area contributed by atoms with Gasteiger partial charge in [-0.15, -0.1) is 0 Å². The van der Waals surface area contributed by atoms with Crippen LogP contribution < -0.4 is 5.32 Å². The summed E-state index contributed by atoms with van der Waals surface area (Å²) in [5.74, 6) is 0.224. The lowest BCUT2D eigenvalue weighted by atomic mass is 9.99. The third-order valence-corrected chi connectivity index (χ3v) is 3.87. The van der Waals surface area contributed by atoms with E-state index in [2.05, 4.69) is 26.1 Å². The molecule has 2 heteroatoms. The van der Waals surface area contributed by atoms with Crippen molar-refractivity contribution in [1.82, 2.24) is 5.32 Å². The zero-order valence-corrected chi connectivity index (χ0v) is 13.2. The minimum Gasteiger partial charge on any atom is -0.304 e. The molecule has 2 unspecified atom stereocenters. The average molecular weight is 275 g/mol. The van der Waals surface area contributed by atoms with Gasteiger partial charge in [-0.1, -0.05) is 70.4 Å². The van der Waals surface area contributed by atoms with Gasteiger partial charge < -0.3 is 5.32 Å². The maximum atomic E-state index is 12.5. The van der Waals surface area contributed by atoms with Crippen molar-refractivity contribution in [3.63, 3.8) is 0 Å². The van der Waals surface area contributed by atoms with E-state index in [1.54, 1.807) is 0 Å². The van der Waals surface area contributed by atoms with Crippen LogP contribution in [0, 0.1) is 0 Å². The molecular formula is C18H29NO. The summed E-state index contributed by atoms with van der Waals surface area (Å²) >= 11 is 0. The molecule has 1 aromatic carbocycles. The van der Waals surface area contributed by atoms with Crippen LogP contribution in [0.15, 0.2) is 30.3 Å². The van der Waals surface area contributed by atoms with Crippen molar-refractivity contribution in [2.24, 2.45) is 0 Å². The Labute approximate surface area is 124 Å². The molecule has 1 N–H and O–H groups in total. The first kappa shape index (κ1) is 16.9. The maximum Gasteiger partial charge on any atom is 0.179 e. The van der Waals surface area contributed by atoms with E-state index in [1.165, 1.54) is 25.7 Å². The predicted octanol–water partition coefficient (Wildman–Crippen LogP) is 4.60. The van der Waals surface area contributed by atoms with Gasteiger partial charge in [-0.25, -0.2) is 0 Å². The lowest BCUT2D eigenvalue weighted by molar-refractivity contribution is 0.0931. The number of hydrogen-bond donors (Lipinski definition) is 1. The van der Waals surface area contributed by atoms with Crippen LogP contribution in [0.4, 0.5) is 0 Å². The first-order chi connectivity index (χ1) is 9.72. The fourth-order valence-corrected chi connectivity index (χ4v) is 2.51. The topological polar surface area (TPSA) is 29.1 Å². The molecule has 0 bridgehead atoms. The van der Waals surface area contributed by atoms with Crippen LogP contribution in [0.5, 0.6) is 0 Å². The fraction of sp³-hybridized carbons (Fsp3) is 0.611. The molecule has 0 heterocycles. The molecule has 1 rings (SSSR count). The highest BCUT2D eigenvalue weighted by Crippen LogP contribution is 2.11. The molecule has 0 aliphatic heterocycles. The summed E-state index contributed by atoms with van der Waals surface area (Å²) in [5.41, 5.74) is 0.815. The maximum absolute atomic E-state index is 12.5. The SMILES string of the molecule is CCCCCC(CC)NC(CC)C(=O)c1ccccc1. The molecule has 0 aromatic heterocycles. The van der Waals surface area contributed by atoms with Gasteiger partial charge in [-0.3, -0.25) is 4.79 Å². The Morgan fingerprint density at radius 1 is 1.05 bits per heavy atom. The molecule has 0 radical (unpaired) electrons. The Hall–Kier alpha value is -1.15. The number of rotatable bonds is 10. The molecule has 112 valence electrons. The molecule has 0 saturated carbocycles. The van der Waals surface area contributed by atoms with Crippen molar-refractivity contribution in [2.45, 2.75) is 71.4 Å². The zero-order chi connectivity index (χ0) is 14.8. The summed E-state index contributed by atoms with van der Waals surface area (Å²) in [6, 6.07) is 10.0. The highest BCUT2D eigenvalue weighted by atomic mass is 16.1. The van der Waals surface area contributed by atoms with E-state index in [1.807, 2.05) is 30.3 Å². The second-order valence-corrected chi connectivity index (χ2v) is 5.46. The number of hydrogen-bond acceptors (Lipinski definition) is 2. The molecule has 20 heavy (non-hydrogen) atoms. The summed E-state index contributed by atoms with van der Waals surface area (Å²) in [4.78, 5) is 12.5. The Morgan fingerprint density at radius 2 is 1.75 bits per heavy atom. The summed E-state index contributed by atoms with van der Waals surface area (Å²) in [7, 11) is 0. The zero-order valence-electron chi connectivity index (χ0n) is 13.2. The molecule has 0 saturated heterocycles. The van der Waals surface area contributed by atoms with Crippen LogP contribution in [-0.4, -0.2) is 17.9 Å². The first-order valence-corrected chi connectivity index (χ1v) is 8.08. The van der Waals surface area contributed by atoms with E-state index in [9.17, 15) is 4.79 Å². The van der Waals surface area contributed by atoms with Crippen LogP contribution in [0.1, 0.15) is 69.7 Å². The fourth-order valence-electron chi connectivity index (χ4n) is 2.51. The van der Waals surface area contributed by atoms with E-state index < -0.39 is 0 Å². The van der Waals surface area contributed by atoms with E-state index in [0.29, 0.717) is 6.04 Å². The highest BCUT2D eigenvalue weighted by Gasteiger charge is 2.20. The molecule has 2 nitrogen and oxygen atoms in total. The molecule has 1 aromatic rings. The first-order valence-electron chi connectivity index (χ1n) is 8.08. The number of nitrogens with one attached hydrogen (secondary N) is 1. The summed E-state index contributed by atoms with van der Waals surface area (Å²) in [5, 5.41) is 3.56. The van der Waals surface area contributed by atoms with E-state index >= 15 is 0 Å². The van der Waals surface area contributed by atoms with Gasteiger partial charge in [0.1, 0.15) is 0 Å². The number of ketones is 1. The van der Waals surface area contributed by atoms with Gasteiger partial charge in [0.05, 0.1) is 6.04 Å². The summed E-state index contributed by atoms with van der Waals surface area (Å²) in [6.45, 7) is 6.50. The molecule has 0 aliphatic carbocycles. The smallest absolute Gasteiger partial charge is 0.179 e. The van der Waals surface area contributed by atoms with Crippen molar-refractivity contribution in [3.05, 3.63) is 35.9 Å². The van der Waals surface area contributed by atoms with Crippen molar-refractivity contribution in [3.8, 4) is 0 Å².